The van der Waals surface area contributed by atoms with Crippen LogP contribution in [0.5, 0.6) is 0 Å². The quantitative estimate of drug-likeness (QED) is 0.808. The van der Waals surface area contributed by atoms with Gasteiger partial charge in [0.15, 0.2) is 11.6 Å². The van der Waals surface area contributed by atoms with E-state index in [9.17, 15) is 4.79 Å². The SMILES string of the molecule is CCC(=O)c1ccc(NCCc2noc(C)n2)cc1. The summed E-state index contributed by atoms with van der Waals surface area (Å²) in [5.41, 5.74) is 1.73. The van der Waals surface area contributed by atoms with E-state index in [0.29, 0.717) is 24.6 Å². The van der Waals surface area contributed by atoms with E-state index in [1.165, 1.54) is 0 Å². The molecule has 0 amide bonds. The van der Waals surface area contributed by atoms with Crippen molar-refractivity contribution in [2.24, 2.45) is 0 Å². The van der Waals surface area contributed by atoms with Gasteiger partial charge in [0.05, 0.1) is 0 Å². The maximum atomic E-state index is 11.5. The van der Waals surface area contributed by atoms with Crippen molar-refractivity contribution in [3.05, 3.63) is 41.5 Å². The summed E-state index contributed by atoms with van der Waals surface area (Å²) in [7, 11) is 0. The molecule has 5 heteroatoms. The molecule has 1 N–H and O–H groups in total. The standard InChI is InChI=1S/C14H17N3O2/c1-3-13(18)11-4-6-12(7-5-11)15-9-8-14-16-10(2)19-17-14/h4-7,15H,3,8-9H2,1-2H3. The van der Waals surface area contributed by atoms with Crippen molar-refractivity contribution >= 4 is 11.5 Å². The monoisotopic (exact) mass is 259 g/mol. The Labute approximate surface area is 112 Å². The van der Waals surface area contributed by atoms with E-state index >= 15 is 0 Å². The minimum atomic E-state index is 0.161. The second-order valence-corrected chi connectivity index (χ2v) is 4.26. The van der Waals surface area contributed by atoms with Crippen LogP contribution in [0.2, 0.25) is 0 Å². The maximum absolute atomic E-state index is 11.5. The van der Waals surface area contributed by atoms with E-state index in [1.54, 1.807) is 6.92 Å². The number of carbonyl (C=O) groups is 1. The number of rotatable bonds is 6. The lowest BCUT2D eigenvalue weighted by molar-refractivity contribution is 0.0988. The lowest BCUT2D eigenvalue weighted by atomic mass is 10.1. The molecule has 100 valence electrons. The number of aryl methyl sites for hydroxylation is 1. The summed E-state index contributed by atoms with van der Waals surface area (Å²) in [6.07, 6.45) is 1.23. The number of carbonyl (C=O) groups excluding carboxylic acids is 1. The van der Waals surface area contributed by atoms with Gasteiger partial charge in [-0.25, -0.2) is 0 Å². The lowest BCUT2D eigenvalue weighted by Gasteiger charge is -2.05. The van der Waals surface area contributed by atoms with Crippen LogP contribution < -0.4 is 5.32 Å². The summed E-state index contributed by atoms with van der Waals surface area (Å²) in [6, 6.07) is 7.49. The molecule has 0 aliphatic heterocycles. The summed E-state index contributed by atoms with van der Waals surface area (Å²) in [4.78, 5) is 15.6. The van der Waals surface area contributed by atoms with Crippen LogP contribution in [-0.4, -0.2) is 22.5 Å². The molecule has 5 nitrogen and oxygen atoms in total. The van der Waals surface area contributed by atoms with Crippen LogP contribution in [0.15, 0.2) is 28.8 Å². The van der Waals surface area contributed by atoms with Crippen LogP contribution in [0.25, 0.3) is 0 Å². The number of Topliss-reactive ketones (excluding diaryl/α,β-unsaturated/α-hetero) is 1. The first-order valence-corrected chi connectivity index (χ1v) is 6.35. The molecule has 1 heterocycles. The molecule has 0 radical (unpaired) electrons. The number of anilines is 1. The molecular formula is C14H17N3O2. The molecule has 0 bridgehead atoms. The molecule has 0 aliphatic carbocycles. The van der Waals surface area contributed by atoms with Gasteiger partial charge in [-0.15, -0.1) is 0 Å². The highest BCUT2D eigenvalue weighted by atomic mass is 16.5. The van der Waals surface area contributed by atoms with Crippen molar-refractivity contribution in [3.8, 4) is 0 Å². The Morgan fingerprint density at radius 1 is 1.32 bits per heavy atom. The average molecular weight is 259 g/mol. The van der Waals surface area contributed by atoms with Gasteiger partial charge < -0.3 is 9.84 Å². The first kappa shape index (κ1) is 13.3. The molecule has 19 heavy (non-hydrogen) atoms. The number of aromatic nitrogens is 2. The number of benzene rings is 1. The van der Waals surface area contributed by atoms with Gasteiger partial charge in [-0.3, -0.25) is 4.79 Å². The normalized spacial score (nSPS) is 10.4. The van der Waals surface area contributed by atoms with E-state index in [-0.39, 0.29) is 5.78 Å². The average Bonchev–Trinajstić information content (AvgIpc) is 2.84. The van der Waals surface area contributed by atoms with Gasteiger partial charge in [0.1, 0.15) is 0 Å². The first-order valence-electron chi connectivity index (χ1n) is 6.35. The Balaban J connectivity index is 1.84. The molecule has 1 aromatic heterocycles. The first-order chi connectivity index (χ1) is 9.19. The lowest BCUT2D eigenvalue weighted by Crippen LogP contribution is -2.06. The smallest absolute Gasteiger partial charge is 0.223 e. The minimum absolute atomic E-state index is 0.161. The van der Waals surface area contributed by atoms with Crippen LogP contribution >= 0.6 is 0 Å². The fourth-order valence-electron chi connectivity index (χ4n) is 1.74. The van der Waals surface area contributed by atoms with E-state index in [2.05, 4.69) is 15.5 Å². The largest absolute Gasteiger partial charge is 0.385 e. The predicted molar refractivity (Wildman–Crippen MR) is 72.3 cm³/mol. The highest BCUT2D eigenvalue weighted by Gasteiger charge is 2.03. The van der Waals surface area contributed by atoms with E-state index in [1.807, 2.05) is 31.2 Å². The molecule has 0 spiro atoms. The fraction of sp³-hybridized carbons (Fsp3) is 0.357. The van der Waals surface area contributed by atoms with Gasteiger partial charge >= 0.3 is 0 Å². The molecular weight excluding hydrogens is 242 g/mol. The minimum Gasteiger partial charge on any atom is -0.385 e. The van der Waals surface area contributed by atoms with E-state index in [4.69, 9.17) is 4.52 Å². The fourth-order valence-corrected chi connectivity index (χ4v) is 1.74. The third-order valence-corrected chi connectivity index (χ3v) is 2.78. The number of nitrogens with one attached hydrogen (secondary N) is 1. The Hall–Kier alpha value is -2.17. The van der Waals surface area contributed by atoms with Gasteiger partial charge in [-0.05, 0) is 24.3 Å². The Kier molecular flexibility index (Phi) is 4.28. The Morgan fingerprint density at radius 3 is 2.63 bits per heavy atom. The molecule has 0 atom stereocenters. The summed E-state index contributed by atoms with van der Waals surface area (Å²) in [5, 5.41) is 7.08. The zero-order chi connectivity index (χ0) is 13.7. The van der Waals surface area contributed by atoms with E-state index < -0.39 is 0 Å². The van der Waals surface area contributed by atoms with Crippen LogP contribution in [0.4, 0.5) is 5.69 Å². The Morgan fingerprint density at radius 2 is 2.05 bits per heavy atom. The van der Waals surface area contributed by atoms with Gasteiger partial charge in [-0.1, -0.05) is 12.1 Å². The van der Waals surface area contributed by atoms with Crippen LogP contribution in [-0.2, 0) is 6.42 Å². The summed E-state index contributed by atoms with van der Waals surface area (Å²) in [6.45, 7) is 4.36. The van der Waals surface area contributed by atoms with Crippen LogP contribution in [0.3, 0.4) is 0 Å². The maximum Gasteiger partial charge on any atom is 0.223 e. The van der Waals surface area contributed by atoms with Crippen molar-refractivity contribution in [2.75, 3.05) is 11.9 Å². The molecule has 0 fully saturated rings. The molecule has 0 aliphatic rings. The third kappa shape index (κ3) is 3.64. The zero-order valence-electron chi connectivity index (χ0n) is 11.1. The molecule has 1 aromatic carbocycles. The highest BCUT2D eigenvalue weighted by molar-refractivity contribution is 5.96. The number of hydrogen-bond acceptors (Lipinski definition) is 5. The summed E-state index contributed by atoms with van der Waals surface area (Å²) in [5.74, 6) is 1.44. The van der Waals surface area contributed by atoms with Crippen molar-refractivity contribution in [1.29, 1.82) is 0 Å². The number of hydrogen-bond donors (Lipinski definition) is 1. The van der Waals surface area contributed by atoms with Crippen molar-refractivity contribution in [2.45, 2.75) is 26.7 Å². The third-order valence-electron chi connectivity index (χ3n) is 2.78. The van der Waals surface area contributed by atoms with Crippen LogP contribution in [0.1, 0.15) is 35.4 Å². The molecule has 0 unspecified atom stereocenters. The summed E-state index contributed by atoms with van der Waals surface area (Å²) < 4.78 is 4.90. The van der Waals surface area contributed by atoms with E-state index in [0.717, 1.165) is 17.8 Å². The molecule has 2 rings (SSSR count). The highest BCUT2D eigenvalue weighted by Crippen LogP contribution is 2.11. The molecule has 0 saturated heterocycles. The van der Waals surface area contributed by atoms with Crippen LogP contribution in [0, 0.1) is 6.92 Å². The van der Waals surface area contributed by atoms with Gasteiger partial charge in [0.25, 0.3) is 0 Å². The molecule has 0 saturated carbocycles. The van der Waals surface area contributed by atoms with Gasteiger partial charge in [-0.2, -0.15) is 4.98 Å². The van der Waals surface area contributed by atoms with Crippen molar-refractivity contribution in [1.82, 2.24) is 10.1 Å². The molecule has 2 aromatic rings. The summed E-state index contributed by atoms with van der Waals surface area (Å²) >= 11 is 0. The zero-order valence-corrected chi connectivity index (χ0v) is 11.1. The van der Waals surface area contributed by atoms with Crippen molar-refractivity contribution in [3.63, 3.8) is 0 Å². The Bertz CT molecular complexity index is 546. The van der Waals surface area contributed by atoms with Gasteiger partial charge in [0.2, 0.25) is 5.89 Å². The van der Waals surface area contributed by atoms with Gasteiger partial charge in [0, 0.05) is 37.6 Å². The number of nitrogens with zero attached hydrogens (tertiary/aromatic N) is 2. The van der Waals surface area contributed by atoms with Crippen molar-refractivity contribution < 1.29 is 9.32 Å². The number of ketones is 1. The topological polar surface area (TPSA) is 68.0 Å². The second-order valence-electron chi connectivity index (χ2n) is 4.26. The predicted octanol–water partition coefficient (Wildman–Crippen LogP) is 2.63. The second kappa shape index (κ2) is 6.13.